The zero-order chi connectivity index (χ0) is 34.6. The average Bonchev–Trinajstić information content (AvgIpc) is 3.21. The van der Waals surface area contributed by atoms with Crippen LogP contribution >= 0.6 is 11.6 Å². The molecule has 2 aromatic carbocycles. The molecule has 0 radical (unpaired) electrons. The number of hydrogen-bond donors (Lipinski definition) is 1. The molecular formula is C38H43ClFN3O5S. The number of sulfonamides is 1. The Hall–Kier alpha value is -3.47. The molecule has 0 unspecified atom stereocenters. The molecule has 1 aromatic heterocycles. The Morgan fingerprint density at radius 3 is 2.71 bits per heavy atom. The van der Waals surface area contributed by atoms with Crippen molar-refractivity contribution in [2.45, 2.75) is 68.6 Å². The Morgan fingerprint density at radius 1 is 1.12 bits per heavy atom. The van der Waals surface area contributed by atoms with Gasteiger partial charge >= 0.3 is 0 Å². The van der Waals surface area contributed by atoms with Crippen LogP contribution in [0.5, 0.6) is 5.75 Å². The van der Waals surface area contributed by atoms with Gasteiger partial charge in [-0.3, -0.25) is 4.79 Å². The largest absolute Gasteiger partial charge is 0.490 e. The summed E-state index contributed by atoms with van der Waals surface area (Å²) >= 11 is 6.45. The molecule has 7 rings (SSSR count). The van der Waals surface area contributed by atoms with Crippen molar-refractivity contribution < 1.29 is 27.1 Å². The maximum absolute atomic E-state index is 14.7. The molecule has 8 nitrogen and oxygen atoms in total. The molecule has 1 N–H and O–H groups in total. The van der Waals surface area contributed by atoms with E-state index >= 15 is 0 Å². The van der Waals surface area contributed by atoms with Crippen molar-refractivity contribution in [3.63, 3.8) is 0 Å². The van der Waals surface area contributed by atoms with Crippen LogP contribution in [0.15, 0.2) is 66.7 Å². The van der Waals surface area contributed by atoms with Gasteiger partial charge in [-0.15, -0.1) is 0 Å². The van der Waals surface area contributed by atoms with E-state index < -0.39 is 32.7 Å². The minimum absolute atomic E-state index is 0.0417. The molecule has 260 valence electrons. The van der Waals surface area contributed by atoms with Crippen LogP contribution in [0.3, 0.4) is 0 Å². The van der Waals surface area contributed by atoms with Crippen LogP contribution in [-0.2, 0) is 32.2 Å². The van der Waals surface area contributed by atoms with Gasteiger partial charge in [0.2, 0.25) is 16.0 Å². The predicted molar refractivity (Wildman–Crippen MR) is 188 cm³/mol. The number of hydrogen-bond acceptors (Lipinski definition) is 7. The van der Waals surface area contributed by atoms with Crippen molar-refractivity contribution in [1.29, 1.82) is 0 Å². The summed E-state index contributed by atoms with van der Waals surface area (Å²) in [5.41, 5.74) is 2.55. The summed E-state index contributed by atoms with van der Waals surface area (Å²) in [6.45, 7) is 5.15. The molecule has 2 aliphatic carbocycles. The molecule has 2 bridgehead atoms. The van der Waals surface area contributed by atoms with E-state index in [1.54, 1.807) is 44.4 Å². The Morgan fingerprint density at radius 2 is 1.96 bits per heavy atom. The van der Waals surface area contributed by atoms with Gasteiger partial charge in [-0.1, -0.05) is 42.8 Å². The van der Waals surface area contributed by atoms with Crippen LogP contribution in [0.25, 0.3) is 0 Å². The van der Waals surface area contributed by atoms with Gasteiger partial charge < -0.3 is 14.4 Å². The fourth-order valence-corrected chi connectivity index (χ4v) is 9.96. The van der Waals surface area contributed by atoms with Crippen LogP contribution in [0.1, 0.15) is 73.1 Å². The number of fused-ring (bicyclic) bond motifs is 4. The van der Waals surface area contributed by atoms with Gasteiger partial charge in [-0.05, 0) is 111 Å². The molecule has 6 atom stereocenters. The molecule has 2 aliphatic heterocycles. The zero-order valence-corrected chi connectivity index (χ0v) is 29.7. The number of nitrogens with zero attached hydrogens (tertiary/aromatic N) is 2. The number of carbonyl (C=O) groups excluding carboxylic acids is 1. The quantitative estimate of drug-likeness (QED) is 0.227. The standard InChI is InChI=1S/C38H43ClFN3O5S/c1-24-7-5-18-38(47-3,34-9-4-10-35(40)41-34)31-14-11-28(31)21-43-22-37(17-6-8-26-19-29(39)13-15-30(26)37)23-48-33-16-12-27(20-32(33)43)36(44)42-49(45,46)25(24)2/h4-5,9-10,12-13,15-16,18-20,24-25,28,31H,6-8,11,14,17,21-23H2,1-3H3,(H,42,44)/b18-5-/t24-,25+,28-,31+,37-,38+/m0/s1. The number of halogens is 2. The second-order valence-electron chi connectivity index (χ2n) is 14.4. The van der Waals surface area contributed by atoms with Crippen molar-refractivity contribution in [3.8, 4) is 5.75 Å². The summed E-state index contributed by atoms with van der Waals surface area (Å²) < 4.78 is 57.0. The third kappa shape index (κ3) is 6.14. The molecule has 3 aromatic rings. The summed E-state index contributed by atoms with van der Waals surface area (Å²) in [5, 5.41) is -0.157. The summed E-state index contributed by atoms with van der Waals surface area (Å²) in [7, 11) is -2.38. The van der Waals surface area contributed by atoms with E-state index in [9.17, 15) is 17.6 Å². The highest BCUT2D eigenvalue weighted by Crippen LogP contribution is 2.52. The zero-order valence-electron chi connectivity index (χ0n) is 28.1. The molecule has 11 heteroatoms. The third-order valence-electron chi connectivity index (χ3n) is 11.6. The van der Waals surface area contributed by atoms with Crippen LogP contribution in [0.4, 0.5) is 10.1 Å². The van der Waals surface area contributed by atoms with Gasteiger partial charge in [-0.25, -0.2) is 18.1 Å². The van der Waals surface area contributed by atoms with Gasteiger partial charge in [-0.2, -0.15) is 4.39 Å². The van der Waals surface area contributed by atoms with Crippen molar-refractivity contribution in [1.82, 2.24) is 9.71 Å². The second kappa shape index (κ2) is 13.0. The number of aryl methyl sites for hydroxylation is 1. The number of ether oxygens (including phenoxy) is 2. The first-order valence-electron chi connectivity index (χ1n) is 17.2. The van der Waals surface area contributed by atoms with Crippen LogP contribution < -0.4 is 14.4 Å². The minimum atomic E-state index is -4.02. The van der Waals surface area contributed by atoms with Gasteiger partial charge in [0.05, 0.1) is 23.2 Å². The lowest BCUT2D eigenvalue weighted by Crippen LogP contribution is -2.52. The lowest BCUT2D eigenvalue weighted by Gasteiger charge is -2.50. The number of methoxy groups -OCH3 is 1. The van der Waals surface area contributed by atoms with Gasteiger partial charge in [0.1, 0.15) is 11.4 Å². The topological polar surface area (TPSA) is 97.8 Å². The third-order valence-corrected chi connectivity index (χ3v) is 13.7. The molecule has 4 aliphatic rings. The Labute approximate surface area is 293 Å². The summed E-state index contributed by atoms with van der Waals surface area (Å²) in [6, 6.07) is 16.1. The molecule has 1 spiro atoms. The summed E-state index contributed by atoms with van der Waals surface area (Å²) in [6.07, 6.45) is 8.89. The monoisotopic (exact) mass is 707 g/mol. The number of benzene rings is 2. The molecule has 3 heterocycles. The first-order chi connectivity index (χ1) is 23.4. The SMILES string of the molecule is CO[C@]1(c2cccc(F)n2)/C=C\C[C@H](C)[C@@H](C)S(=O)(=O)NC(=O)c2ccc3c(c2)N(C[C@@H]2CC[C@H]21)C[C@@]1(CCCc2cc(Cl)ccc21)CO3. The van der Waals surface area contributed by atoms with E-state index in [-0.39, 0.29) is 28.7 Å². The van der Waals surface area contributed by atoms with E-state index in [4.69, 9.17) is 21.1 Å². The van der Waals surface area contributed by atoms with E-state index in [1.807, 2.05) is 25.1 Å². The molecule has 1 saturated carbocycles. The normalized spacial score (nSPS) is 31.7. The number of rotatable bonds is 2. The number of carbonyl (C=O) groups is 1. The fourth-order valence-electron chi connectivity index (χ4n) is 8.48. The van der Waals surface area contributed by atoms with Gasteiger partial charge in [0.15, 0.2) is 0 Å². The lowest BCUT2D eigenvalue weighted by molar-refractivity contribution is -0.0834. The Balaban J connectivity index is 1.37. The first kappa shape index (κ1) is 34.0. The highest BCUT2D eigenvalue weighted by Gasteiger charge is 2.50. The summed E-state index contributed by atoms with van der Waals surface area (Å²) in [4.78, 5) is 20.2. The number of aromatic nitrogens is 1. The van der Waals surface area contributed by atoms with Crippen molar-refractivity contribution in [2.75, 3.05) is 31.7 Å². The lowest BCUT2D eigenvalue weighted by atomic mass is 9.62. The predicted octanol–water partition coefficient (Wildman–Crippen LogP) is 6.96. The number of nitrogens with one attached hydrogen (secondary N) is 1. The first-order valence-corrected chi connectivity index (χ1v) is 19.1. The number of allylic oxidation sites excluding steroid dienone is 1. The number of pyridine rings is 1. The highest BCUT2D eigenvalue weighted by molar-refractivity contribution is 7.90. The molecular weight excluding hydrogens is 665 g/mol. The van der Waals surface area contributed by atoms with E-state index in [0.717, 1.165) is 37.8 Å². The maximum atomic E-state index is 14.7. The van der Waals surface area contributed by atoms with Crippen molar-refractivity contribution in [3.05, 3.63) is 100 Å². The highest BCUT2D eigenvalue weighted by atomic mass is 35.5. The van der Waals surface area contributed by atoms with E-state index in [2.05, 4.69) is 26.7 Å². The van der Waals surface area contributed by atoms with Crippen LogP contribution in [0, 0.1) is 23.7 Å². The van der Waals surface area contributed by atoms with E-state index in [0.29, 0.717) is 42.6 Å². The van der Waals surface area contributed by atoms with Crippen molar-refractivity contribution >= 4 is 33.2 Å². The fraction of sp³-hybridized carbons (Fsp3) is 0.474. The summed E-state index contributed by atoms with van der Waals surface area (Å²) in [5.74, 6) is -0.854. The van der Waals surface area contributed by atoms with Gasteiger partial charge in [0.25, 0.3) is 5.91 Å². The minimum Gasteiger partial charge on any atom is -0.490 e. The molecule has 0 saturated heterocycles. The number of amides is 1. The van der Waals surface area contributed by atoms with Crippen molar-refractivity contribution in [2.24, 2.45) is 17.8 Å². The molecule has 1 amide bonds. The smallest absolute Gasteiger partial charge is 0.264 e. The molecule has 49 heavy (non-hydrogen) atoms. The van der Waals surface area contributed by atoms with Crippen LogP contribution in [0.2, 0.25) is 5.02 Å². The Bertz CT molecular complexity index is 1910. The Kier molecular flexibility index (Phi) is 9.03. The average molecular weight is 708 g/mol. The van der Waals surface area contributed by atoms with E-state index in [1.165, 1.54) is 17.2 Å². The molecule has 1 fully saturated rings. The maximum Gasteiger partial charge on any atom is 0.264 e. The second-order valence-corrected chi connectivity index (χ2v) is 16.8. The number of anilines is 1. The van der Waals surface area contributed by atoms with Crippen LogP contribution in [-0.4, -0.2) is 51.4 Å². The van der Waals surface area contributed by atoms with Gasteiger partial charge in [0, 0.05) is 42.1 Å².